The number of nitrogens with one attached hydrogen (secondary N) is 1. The molecule has 1 N–H and O–H groups in total. The molecule has 2 aromatic heterocycles. The van der Waals surface area contributed by atoms with Crippen LogP contribution >= 0.6 is 12.4 Å². The number of hydrogen-bond acceptors (Lipinski definition) is 5. The van der Waals surface area contributed by atoms with Crippen LogP contribution in [0.4, 0.5) is 0 Å². The second-order valence-corrected chi connectivity index (χ2v) is 5.49. The highest BCUT2D eigenvalue weighted by Crippen LogP contribution is 2.19. The summed E-state index contributed by atoms with van der Waals surface area (Å²) in [5, 5.41) is 8.01. The van der Waals surface area contributed by atoms with E-state index >= 15 is 0 Å². The Hall–Kier alpha value is -1.66. The van der Waals surface area contributed by atoms with Gasteiger partial charge in [0.1, 0.15) is 0 Å². The van der Waals surface area contributed by atoms with Gasteiger partial charge in [0.15, 0.2) is 0 Å². The first-order valence-electron chi connectivity index (χ1n) is 7.44. The van der Waals surface area contributed by atoms with Gasteiger partial charge in [-0.2, -0.15) is 0 Å². The fraction of sp³-hybridized carbons (Fsp3) is 0.533. The number of amides is 1. The number of fused-ring (bicyclic) bond motifs is 1. The summed E-state index contributed by atoms with van der Waals surface area (Å²) in [6.07, 6.45) is 3.54. The maximum absolute atomic E-state index is 12.8. The number of aryl methyl sites for hydroxylation is 1. The van der Waals surface area contributed by atoms with Gasteiger partial charge >= 0.3 is 0 Å². The summed E-state index contributed by atoms with van der Waals surface area (Å²) < 4.78 is 5.10. The molecule has 22 heavy (non-hydrogen) atoms. The van der Waals surface area contributed by atoms with Crippen LogP contribution in [0.2, 0.25) is 0 Å². The number of nitrogens with zero attached hydrogens (tertiary/aromatic N) is 3. The van der Waals surface area contributed by atoms with Crippen molar-refractivity contribution in [2.75, 3.05) is 19.6 Å². The molecule has 1 aliphatic rings. The standard InChI is InChI=1S/C15H20N4O2.ClH/c1-3-6-19(12-4-5-16-9-12)15(20)11-7-13-10(2)18-21-14(13)17-8-11;/h7-8,12,16H,3-6,9H2,1-2H3;1H. The number of aromatic nitrogens is 2. The van der Waals surface area contributed by atoms with E-state index in [1.54, 1.807) is 6.20 Å². The van der Waals surface area contributed by atoms with Crippen LogP contribution in [0.5, 0.6) is 0 Å². The van der Waals surface area contributed by atoms with Crippen LogP contribution in [0.25, 0.3) is 11.1 Å². The molecule has 2 aromatic rings. The van der Waals surface area contributed by atoms with Gasteiger partial charge in [0.25, 0.3) is 11.6 Å². The van der Waals surface area contributed by atoms with Crippen LogP contribution in [0.15, 0.2) is 16.8 Å². The molecule has 0 aromatic carbocycles. The number of carbonyl (C=O) groups excluding carboxylic acids is 1. The highest BCUT2D eigenvalue weighted by Gasteiger charge is 2.27. The third-order valence-corrected chi connectivity index (χ3v) is 3.96. The normalized spacial score (nSPS) is 17.5. The summed E-state index contributed by atoms with van der Waals surface area (Å²) in [5.41, 5.74) is 1.85. The predicted octanol–water partition coefficient (Wildman–Crippen LogP) is 2.17. The van der Waals surface area contributed by atoms with E-state index in [1.807, 2.05) is 17.9 Å². The third-order valence-electron chi connectivity index (χ3n) is 3.96. The quantitative estimate of drug-likeness (QED) is 0.933. The number of hydrogen-bond donors (Lipinski definition) is 1. The monoisotopic (exact) mass is 324 g/mol. The van der Waals surface area contributed by atoms with E-state index in [0.29, 0.717) is 11.3 Å². The van der Waals surface area contributed by atoms with E-state index in [2.05, 4.69) is 22.4 Å². The van der Waals surface area contributed by atoms with Crippen molar-refractivity contribution < 1.29 is 9.32 Å². The minimum atomic E-state index is 0. The topological polar surface area (TPSA) is 71.3 Å². The molecular weight excluding hydrogens is 304 g/mol. The Bertz CT molecular complexity index is 652. The van der Waals surface area contributed by atoms with Crippen LogP contribution in [0.3, 0.4) is 0 Å². The molecule has 0 spiro atoms. The minimum Gasteiger partial charge on any atom is -0.336 e. The fourth-order valence-corrected chi connectivity index (χ4v) is 2.82. The molecule has 1 atom stereocenters. The lowest BCUT2D eigenvalue weighted by molar-refractivity contribution is 0.0692. The lowest BCUT2D eigenvalue weighted by Gasteiger charge is -2.28. The van der Waals surface area contributed by atoms with E-state index in [0.717, 1.165) is 43.6 Å². The van der Waals surface area contributed by atoms with Crippen LogP contribution < -0.4 is 5.32 Å². The zero-order valence-electron chi connectivity index (χ0n) is 12.8. The summed E-state index contributed by atoms with van der Waals surface area (Å²) in [6.45, 7) is 6.56. The van der Waals surface area contributed by atoms with Gasteiger partial charge in [0.05, 0.1) is 16.6 Å². The molecule has 7 heteroatoms. The van der Waals surface area contributed by atoms with E-state index in [9.17, 15) is 4.79 Å². The van der Waals surface area contributed by atoms with E-state index < -0.39 is 0 Å². The Morgan fingerprint density at radius 2 is 2.36 bits per heavy atom. The average molecular weight is 325 g/mol. The zero-order valence-corrected chi connectivity index (χ0v) is 13.7. The first-order chi connectivity index (χ1) is 10.2. The molecule has 1 aliphatic heterocycles. The highest BCUT2D eigenvalue weighted by atomic mass is 35.5. The minimum absolute atomic E-state index is 0. The molecule has 1 fully saturated rings. The lowest BCUT2D eigenvalue weighted by atomic mass is 10.1. The lowest BCUT2D eigenvalue weighted by Crippen LogP contribution is -2.42. The van der Waals surface area contributed by atoms with Crippen LogP contribution in [0, 0.1) is 6.92 Å². The molecule has 6 nitrogen and oxygen atoms in total. The third kappa shape index (κ3) is 3.08. The van der Waals surface area contributed by atoms with Crippen molar-refractivity contribution in [2.24, 2.45) is 0 Å². The van der Waals surface area contributed by atoms with Crippen LogP contribution in [0.1, 0.15) is 35.8 Å². The Labute approximate surface area is 135 Å². The number of carbonyl (C=O) groups is 1. The first kappa shape index (κ1) is 16.7. The molecule has 1 saturated heterocycles. The Morgan fingerprint density at radius 1 is 1.55 bits per heavy atom. The van der Waals surface area contributed by atoms with Gasteiger partial charge in [-0.25, -0.2) is 4.98 Å². The van der Waals surface area contributed by atoms with Crippen LogP contribution in [-0.2, 0) is 0 Å². The molecule has 0 radical (unpaired) electrons. The van der Waals surface area contributed by atoms with Gasteiger partial charge in [-0.3, -0.25) is 4.79 Å². The molecular formula is C15H21ClN4O2. The van der Waals surface area contributed by atoms with Gasteiger partial charge in [-0.05, 0) is 32.4 Å². The molecule has 0 bridgehead atoms. The van der Waals surface area contributed by atoms with Crippen molar-refractivity contribution >= 4 is 29.4 Å². The van der Waals surface area contributed by atoms with E-state index in [-0.39, 0.29) is 24.4 Å². The number of pyridine rings is 1. The number of halogens is 1. The summed E-state index contributed by atoms with van der Waals surface area (Å²) in [6, 6.07) is 2.11. The van der Waals surface area contributed by atoms with Gasteiger partial charge in [0.2, 0.25) is 0 Å². The largest absolute Gasteiger partial charge is 0.336 e. The van der Waals surface area contributed by atoms with Gasteiger partial charge in [-0.1, -0.05) is 12.1 Å². The highest BCUT2D eigenvalue weighted by molar-refractivity contribution is 5.97. The number of rotatable bonds is 4. The smallest absolute Gasteiger partial charge is 0.257 e. The SMILES string of the molecule is CCCN(C(=O)c1cnc2onc(C)c2c1)C1CCNC1.Cl. The molecule has 3 rings (SSSR count). The van der Waals surface area contributed by atoms with Crippen molar-refractivity contribution in [3.63, 3.8) is 0 Å². The van der Waals surface area contributed by atoms with Gasteiger partial charge in [-0.15, -0.1) is 12.4 Å². The second-order valence-electron chi connectivity index (χ2n) is 5.49. The van der Waals surface area contributed by atoms with Gasteiger partial charge in [0, 0.05) is 25.3 Å². The van der Waals surface area contributed by atoms with Crippen molar-refractivity contribution in [1.29, 1.82) is 0 Å². The molecule has 3 heterocycles. The molecule has 1 amide bonds. The Kier molecular flexibility index (Phi) is 5.37. The van der Waals surface area contributed by atoms with Crippen molar-refractivity contribution in [1.82, 2.24) is 20.4 Å². The first-order valence-corrected chi connectivity index (χ1v) is 7.44. The van der Waals surface area contributed by atoms with E-state index in [1.165, 1.54) is 0 Å². The molecule has 1 unspecified atom stereocenters. The predicted molar refractivity (Wildman–Crippen MR) is 86.4 cm³/mol. The molecule has 0 saturated carbocycles. The van der Waals surface area contributed by atoms with E-state index in [4.69, 9.17) is 4.52 Å². The summed E-state index contributed by atoms with van der Waals surface area (Å²) >= 11 is 0. The maximum atomic E-state index is 12.8. The Morgan fingerprint density at radius 3 is 3.05 bits per heavy atom. The molecule has 120 valence electrons. The van der Waals surface area contributed by atoms with Crippen molar-refractivity contribution in [2.45, 2.75) is 32.7 Å². The summed E-state index contributed by atoms with van der Waals surface area (Å²) in [7, 11) is 0. The van der Waals surface area contributed by atoms with Gasteiger partial charge < -0.3 is 14.7 Å². The van der Waals surface area contributed by atoms with Crippen molar-refractivity contribution in [3.8, 4) is 0 Å². The average Bonchev–Trinajstić information content (AvgIpc) is 3.14. The summed E-state index contributed by atoms with van der Waals surface area (Å²) in [5.74, 6) is 0.0422. The molecule has 0 aliphatic carbocycles. The zero-order chi connectivity index (χ0) is 14.8. The fourth-order valence-electron chi connectivity index (χ4n) is 2.82. The summed E-state index contributed by atoms with van der Waals surface area (Å²) in [4.78, 5) is 19.0. The maximum Gasteiger partial charge on any atom is 0.257 e. The second kappa shape index (κ2) is 7.07. The Balaban J connectivity index is 0.00000176. The van der Waals surface area contributed by atoms with Crippen molar-refractivity contribution in [3.05, 3.63) is 23.5 Å². The van der Waals surface area contributed by atoms with Crippen LogP contribution in [-0.4, -0.2) is 46.6 Å².